The minimum atomic E-state index is -0.409. The molecule has 1 aliphatic rings. The number of amides is 1. The summed E-state index contributed by atoms with van der Waals surface area (Å²) in [4.78, 5) is 13.8. The number of ether oxygens (including phenoxy) is 1. The van der Waals surface area contributed by atoms with E-state index < -0.39 is 5.60 Å². The Labute approximate surface area is 118 Å². The lowest BCUT2D eigenvalue weighted by Gasteiger charge is -2.40. The van der Waals surface area contributed by atoms with E-state index in [2.05, 4.69) is 20.8 Å². The summed E-state index contributed by atoms with van der Waals surface area (Å²) < 4.78 is 5.43. The number of nitrogens with zero attached hydrogens (tertiary/aromatic N) is 1. The molecule has 0 saturated heterocycles. The largest absolute Gasteiger partial charge is 0.444 e. The topological polar surface area (TPSA) is 29.5 Å². The summed E-state index contributed by atoms with van der Waals surface area (Å²) in [7, 11) is 1.87. The van der Waals surface area contributed by atoms with Crippen molar-refractivity contribution in [2.75, 3.05) is 7.05 Å². The Kier molecular flexibility index (Phi) is 4.91. The first-order valence-corrected chi connectivity index (χ1v) is 7.46. The molecule has 1 aliphatic carbocycles. The van der Waals surface area contributed by atoms with Gasteiger partial charge in [0.25, 0.3) is 0 Å². The van der Waals surface area contributed by atoms with Crippen molar-refractivity contribution in [1.82, 2.24) is 4.90 Å². The fourth-order valence-corrected chi connectivity index (χ4v) is 2.81. The Balaban J connectivity index is 2.49. The number of rotatable bonds is 1. The third kappa shape index (κ3) is 5.04. The lowest BCUT2D eigenvalue weighted by Crippen LogP contribution is -2.43. The maximum Gasteiger partial charge on any atom is 0.410 e. The predicted molar refractivity (Wildman–Crippen MR) is 79.2 cm³/mol. The molecule has 19 heavy (non-hydrogen) atoms. The SMILES string of the molecule is CN(C(=O)OC(C)(C)C)C1CCC(C(C)(C)C)CC1. The highest BCUT2D eigenvalue weighted by Gasteiger charge is 2.33. The molecule has 0 radical (unpaired) electrons. The first-order chi connectivity index (χ1) is 8.50. The van der Waals surface area contributed by atoms with Crippen LogP contribution in [0.15, 0.2) is 0 Å². The predicted octanol–water partition coefficient (Wildman–Crippen LogP) is 4.46. The van der Waals surface area contributed by atoms with Gasteiger partial charge in [0, 0.05) is 13.1 Å². The molecular formula is C16H31NO2. The highest BCUT2D eigenvalue weighted by Crippen LogP contribution is 2.38. The van der Waals surface area contributed by atoms with Gasteiger partial charge in [0.05, 0.1) is 0 Å². The van der Waals surface area contributed by atoms with Crippen LogP contribution in [0, 0.1) is 11.3 Å². The van der Waals surface area contributed by atoms with Gasteiger partial charge in [-0.1, -0.05) is 20.8 Å². The number of carbonyl (C=O) groups excluding carboxylic acids is 1. The van der Waals surface area contributed by atoms with Gasteiger partial charge >= 0.3 is 6.09 Å². The van der Waals surface area contributed by atoms with Crippen LogP contribution in [0.4, 0.5) is 4.79 Å². The molecule has 1 rings (SSSR count). The van der Waals surface area contributed by atoms with E-state index in [-0.39, 0.29) is 6.09 Å². The van der Waals surface area contributed by atoms with Gasteiger partial charge in [-0.05, 0) is 57.8 Å². The van der Waals surface area contributed by atoms with Gasteiger partial charge in [0.15, 0.2) is 0 Å². The van der Waals surface area contributed by atoms with Crippen molar-refractivity contribution in [2.24, 2.45) is 11.3 Å². The Bertz CT molecular complexity index is 304. The zero-order valence-corrected chi connectivity index (χ0v) is 13.7. The van der Waals surface area contributed by atoms with E-state index in [0.29, 0.717) is 11.5 Å². The maximum absolute atomic E-state index is 12.0. The molecule has 0 N–H and O–H groups in total. The molecule has 112 valence electrons. The van der Waals surface area contributed by atoms with E-state index in [0.717, 1.165) is 18.8 Å². The minimum absolute atomic E-state index is 0.188. The van der Waals surface area contributed by atoms with Crippen molar-refractivity contribution >= 4 is 6.09 Å². The molecule has 1 amide bonds. The highest BCUT2D eigenvalue weighted by atomic mass is 16.6. The highest BCUT2D eigenvalue weighted by molar-refractivity contribution is 5.68. The van der Waals surface area contributed by atoms with Crippen molar-refractivity contribution in [3.63, 3.8) is 0 Å². The van der Waals surface area contributed by atoms with E-state index in [1.807, 2.05) is 27.8 Å². The third-order valence-electron chi connectivity index (χ3n) is 4.15. The molecule has 0 bridgehead atoms. The average Bonchev–Trinajstić information content (AvgIpc) is 2.24. The lowest BCUT2D eigenvalue weighted by molar-refractivity contribution is 0.0145. The lowest BCUT2D eigenvalue weighted by atomic mass is 9.71. The maximum atomic E-state index is 12.0. The second kappa shape index (κ2) is 5.72. The number of carbonyl (C=O) groups is 1. The molecule has 0 aromatic carbocycles. The Morgan fingerprint density at radius 2 is 1.47 bits per heavy atom. The smallest absolute Gasteiger partial charge is 0.410 e. The minimum Gasteiger partial charge on any atom is -0.444 e. The molecule has 1 saturated carbocycles. The fraction of sp³-hybridized carbons (Fsp3) is 0.938. The van der Waals surface area contributed by atoms with E-state index >= 15 is 0 Å². The molecule has 0 aromatic heterocycles. The second-order valence-corrected chi connectivity index (χ2v) is 7.96. The molecule has 1 fully saturated rings. The van der Waals surface area contributed by atoms with Crippen LogP contribution >= 0.6 is 0 Å². The van der Waals surface area contributed by atoms with Crippen LogP contribution in [-0.2, 0) is 4.74 Å². The van der Waals surface area contributed by atoms with Gasteiger partial charge < -0.3 is 9.64 Å². The fourth-order valence-electron chi connectivity index (χ4n) is 2.81. The van der Waals surface area contributed by atoms with E-state index in [1.165, 1.54) is 12.8 Å². The molecule has 0 unspecified atom stereocenters. The monoisotopic (exact) mass is 269 g/mol. The van der Waals surface area contributed by atoms with Crippen LogP contribution in [-0.4, -0.2) is 29.7 Å². The van der Waals surface area contributed by atoms with E-state index in [4.69, 9.17) is 4.74 Å². The summed E-state index contributed by atoms with van der Waals surface area (Å²) >= 11 is 0. The summed E-state index contributed by atoms with van der Waals surface area (Å²) in [5.41, 5.74) is -0.0244. The van der Waals surface area contributed by atoms with Gasteiger partial charge in [-0.25, -0.2) is 4.79 Å². The van der Waals surface area contributed by atoms with Crippen LogP contribution in [0.2, 0.25) is 0 Å². The number of hydrogen-bond acceptors (Lipinski definition) is 2. The molecule has 3 nitrogen and oxygen atoms in total. The first kappa shape index (κ1) is 16.3. The van der Waals surface area contributed by atoms with Crippen molar-refractivity contribution < 1.29 is 9.53 Å². The Hall–Kier alpha value is -0.730. The van der Waals surface area contributed by atoms with Crippen molar-refractivity contribution in [2.45, 2.75) is 78.9 Å². The van der Waals surface area contributed by atoms with E-state index in [1.54, 1.807) is 4.90 Å². The zero-order valence-electron chi connectivity index (χ0n) is 13.7. The summed E-state index contributed by atoms with van der Waals surface area (Å²) in [6.45, 7) is 12.7. The van der Waals surface area contributed by atoms with Crippen molar-refractivity contribution in [3.8, 4) is 0 Å². The van der Waals surface area contributed by atoms with Crippen LogP contribution in [0.3, 0.4) is 0 Å². The Morgan fingerprint density at radius 1 is 1.00 bits per heavy atom. The van der Waals surface area contributed by atoms with E-state index in [9.17, 15) is 4.79 Å². The molecule has 3 heteroatoms. The van der Waals surface area contributed by atoms with Gasteiger partial charge in [-0.2, -0.15) is 0 Å². The van der Waals surface area contributed by atoms with Crippen LogP contribution in [0.1, 0.15) is 67.2 Å². The summed E-state index contributed by atoms with van der Waals surface area (Å²) in [5.74, 6) is 0.774. The van der Waals surface area contributed by atoms with Gasteiger partial charge in [-0.3, -0.25) is 0 Å². The zero-order chi connectivity index (χ0) is 14.8. The summed E-state index contributed by atoms with van der Waals surface area (Å²) in [6, 6.07) is 0.341. The normalized spacial score (nSPS) is 25.0. The average molecular weight is 269 g/mol. The third-order valence-corrected chi connectivity index (χ3v) is 4.15. The van der Waals surface area contributed by atoms with Gasteiger partial charge in [0.2, 0.25) is 0 Å². The van der Waals surface area contributed by atoms with Crippen molar-refractivity contribution in [3.05, 3.63) is 0 Å². The van der Waals surface area contributed by atoms with Crippen LogP contribution in [0.5, 0.6) is 0 Å². The van der Waals surface area contributed by atoms with Gasteiger partial charge in [0.1, 0.15) is 5.60 Å². The summed E-state index contributed by atoms with van der Waals surface area (Å²) in [5, 5.41) is 0. The summed E-state index contributed by atoms with van der Waals surface area (Å²) in [6.07, 6.45) is 4.42. The quantitative estimate of drug-likeness (QED) is 0.703. The second-order valence-electron chi connectivity index (χ2n) is 7.96. The van der Waals surface area contributed by atoms with Crippen molar-refractivity contribution in [1.29, 1.82) is 0 Å². The molecular weight excluding hydrogens is 238 g/mol. The standard InChI is InChI=1S/C16H31NO2/c1-15(2,3)12-8-10-13(11-9-12)17(7)14(18)19-16(4,5)6/h12-13H,8-11H2,1-7H3. The molecule has 0 atom stereocenters. The molecule has 0 aromatic rings. The molecule has 0 aliphatic heterocycles. The Morgan fingerprint density at radius 3 is 1.84 bits per heavy atom. The van der Waals surface area contributed by atoms with Gasteiger partial charge in [-0.15, -0.1) is 0 Å². The number of hydrogen-bond donors (Lipinski definition) is 0. The van der Waals surface area contributed by atoms with Crippen LogP contribution < -0.4 is 0 Å². The molecule has 0 spiro atoms. The first-order valence-electron chi connectivity index (χ1n) is 7.46. The molecule has 0 heterocycles. The van der Waals surface area contributed by atoms with Crippen LogP contribution in [0.25, 0.3) is 0 Å².